The molecule has 0 aromatic heterocycles. The minimum Gasteiger partial charge on any atom is -0.248 e. The summed E-state index contributed by atoms with van der Waals surface area (Å²) in [5.41, 5.74) is -1.41. The van der Waals surface area contributed by atoms with Gasteiger partial charge < -0.3 is 0 Å². The van der Waals surface area contributed by atoms with Crippen LogP contribution in [0.2, 0.25) is 0 Å². The molecule has 1 aliphatic rings. The summed E-state index contributed by atoms with van der Waals surface area (Å²) in [7, 11) is 0. The van der Waals surface area contributed by atoms with E-state index in [4.69, 9.17) is 0 Å². The fourth-order valence-corrected chi connectivity index (χ4v) is 0.751. The second-order valence-corrected chi connectivity index (χ2v) is 2.39. The minimum atomic E-state index is -3.81. The first-order valence-corrected chi connectivity index (χ1v) is 2.91. The van der Waals surface area contributed by atoms with Gasteiger partial charge in [0.1, 0.15) is 0 Å². The molecule has 1 aliphatic heterocycles. The molecule has 0 aromatic carbocycles. The fourth-order valence-electron chi connectivity index (χ4n) is 0.751. The van der Waals surface area contributed by atoms with Gasteiger partial charge in [-0.1, -0.05) is 0 Å². The molecule has 5 heteroatoms. The zero-order chi connectivity index (χ0) is 8.86. The van der Waals surface area contributed by atoms with Gasteiger partial charge in [-0.15, -0.1) is 0 Å². The van der Waals surface area contributed by atoms with E-state index in [9.17, 15) is 17.6 Å². The van der Waals surface area contributed by atoms with Crippen molar-refractivity contribution in [3.63, 3.8) is 0 Å². The maximum absolute atomic E-state index is 12.3. The van der Waals surface area contributed by atoms with Crippen molar-refractivity contribution >= 4 is 0 Å². The van der Waals surface area contributed by atoms with Gasteiger partial charge in [0, 0.05) is 11.1 Å². The van der Waals surface area contributed by atoms with Gasteiger partial charge in [0.2, 0.25) is 0 Å². The third kappa shape index (κ3) is 1.13. The van der Waals surface area contributed by atoms with Crippen LogP contribution in [0, 0.1) is 0 Å². The molecule has 0 radical (unpaired) electrons. The average Bonchev–Trinajstić information content (AvgIpc) is 1.91. The Bertz CT molecular complexity index is 197. The number of rotatable bonds is 0. The largest absolute Gasteiger partial charge is 0.384 e. The van der Waals surface area contributed by atoms with Crippen LogP contribution >= 0.6 is 0 Å². The summed E-state index contributed by atoms with van der Waals surface area (Å²) in [6.45, 7) is 1.85. The lowest BCUT2D eigenvalue weighted by Gasteiger charge is -2.12. The molecular formula is C6H6F4O. The van der Waals surface area contributed by atoms with E-state index in [1.54, 1.807) is 0 Å². The van der Waals surface area contributed by atoms with E-state index >= 15 is 0 Å². The van der Waals surface area contributed by atoms with Crippen molar-refractivity contribution in [2.45, 2.75) is 26.1 Å². The van der Waals surface area contributed by atoms with Crippen LogP contribution in [0.25, 0.3) is 0 Å². The van der Waals surface area contributed by atoms with Crippen molar-refractivity contribution in [2.75, 3.05) is 0 Å². The van der Waals surface area contributed by atoms with Crippen molar-refractivity contribution in [1.29, 1.82) is 0 Å². The number of alkyl halides is 4. The Morgan fingerprint density at radius 1 is 0.909 bits per heavy atom. The number of halogens is 4. The monoisotopic (exact) mass is 170 g/mol. The maximum Gasteiger partial charge on any atom is 0.384 e. The van der Waals surface area contributed by atoms with Gasteiger partial charge in [-0.05, 0) is 13.8 Å². The molecule has 1 rings (SSSR count). The quantitative estimate of drug-likeness (QED) is 0.401. The van der Waals surface area contributed by atoms with Gasteiger partial charge in [-0.25, -0.2) is 4.74 Å². The SMILES string of the molecule is CC1=C(C)C(F)(F)OC1(F)F. The lowest BCUT2D eigenvalue weighted by molar-refractivity contribution is -0.322. The van der Waals surface area contributed by atoms with Crippen LogP contribution in [0.5, 0.6) is 0 Å². The van der Waals surface area contributed by atoms with E-state index in [0.29, 0.717) is 0 Å². The van der Waals surface area contributed by atoms with Crippen molar-refractivity contribution in [3.8, 4) is 0 Å². The van der Waals surface area contributed by atoms with Gasteiger partial charge in [0.25, 0.3) is 0 Å². The smallest absolute Gasteiger partial charge is 0.248 e. The van der Waals surface area contributed by atoms with Crippen molar-refractivity contribution in [2.24, 2.45) is 0 Å². The first-order valence-electron chi connectivity index (χ1n) is 2.91. The average molecular weight is 170 g/mol. The summed E-state index contributed by atoms with van der Waals surface area (Å²) in [5.74, 6) is 0. The predicted molar refractivity (Wildman–Crippen MR) is 29.4 cm³/mol. The molecule has 0 bridgehead atoms. The molecular weight excluding hydrogens is 164 g/mol. The molecule has 0 aromatic rings. The Morgan fingerprint density at radius 3 is 1.27 bits per heavy atom. The van der Waals surface area contributed by atoms with Crippen LogP contribution in [-0.4, -0.2) is 12.2 Å². The molecule has 0 amide bonds. The van der Waals surface area contributed by atoms with Crippen molar-refractivity contribution in [1.82, 2.24) is 0 Å². The first-order chi connectivity index (χ1) is 4.77. The second-order valence-electron chi connectivity index (χ2n) is 2.39. The molecule has 0 saturated heterocycles. The molecule has 1 heterocycles. The van der Waals surface area contributed by atoms with Crippen molar-refractivity contribution < 1.29 is 22.3 Å². The van der Waals surface area contributed by atoms with E-state index < -0.39 is 23.4 Å². The van der Waals surface area contributed by atoms with E-state index in [1.807, 2.05) is 0 Å². The first kappa shape index (κ1) is 8.52. The predicted octanol–water partition coefficient (Wildman–Crippen LogP) is 2.54. The van der Waals surface area contributed by atoms with Gasteiger partial charge in [-0.2, -0.15) is 17.6 Å². The number of ether oxygens (including phenoxy) is 1. The molecule has 0 saturated carbocycles. The highest BCUT2D eigenvalue weighted by Gasteiger charge is 2.55. The second kappa shape index (κ2) is 1.97. The minimum absolute atomic E-state index is 0.706. The summed E-state index contributed by atoms with van der Waals surface area (Å²) in [4.78, 5) is 0. The van der Waals surface area contributed by atoms with Crippen LogP contribution in [0.15, 0.2) is 11.1 Å². The fraction of sp³-hybridized carbons (Fsp3) is 0.667. The van der Waals surface area contributed by atoms with Gasteiger partial charge in [0.05, 0.1) is 0 Å². The maximum atomic E-state index is 12.3. The molecule has 64 valence electrons. The van der Waals surface area contributed by atoms with Gasteiger partial charge >= 0.3 is 12.2 Å². The summed E-state index contributed by atoms with van der Waals surface area (Å²) < 4.78 is 52.5. The molecule has 0 spiro atoms. The van der Waals surface area contributed by atoms with E-state index in [1.165, 1.54) is 0 Å². The molecule has 0 atom stereocenters. The Balaban J connectivity index is 3.09. The van der Waals surface area contributed by atoms with Crippen LogP contribution in [-0.2, 0) is 4.74 Å². The van der Waals surface area contributed by atoms with Crippen LogP contribution in [0.4, 0.5) is 17.6 Å². The molecule has 1 nitrogen and oxygen atoms in total. The molecule has 0 aliphatic carbocycles. The van der Waals surface area contributed by atoms with Gasteiger partial charge in [0.15, 0.2) is 0 Å². The van der Waals surface area contributed by atoms with E-state index in [2.05, 4.69) is 4.74 Å². The molecule has 11 heavy (non-hydrogen) atoms. The van der Waals surface area contributed by atoms with E-state index in [-0.39, 0.29) is 0 Å². The third-order valence-corrected chi connectivity index (χ3v) is 1.69. The summed E-state index contributed by atoms with van der Waals surface area (Å²) in [6, 6.07) is 0. The Morgan fingerprint density at radius 2 is 1.18 bits per heavy atom. The highest BCUT2D eigenvalue weighted by atomic mass is 19.3. The highest BCUT2D eigenvalue weighted by Crippen LogP contribution is 2.45. The van der Waals surface area contributed by atoms with Crippen LogP contribution in [0.3, 0.4) is 0 Å². The Kier molecular flexibility index (Phi) is 1.52. The summed E-state index contributed by atoms with van der Waals surface area (Å²) >= 11 is 0. The molecule has 0 N–H and O–H groups in total. The summed E-state index contributed by atoms with van der Waals surface area (Å²) in [6.07, 6.45) is -7.62. The molecule has 0 fully saturated rings. The van der Waals surface area contributed by atoms with Gasteiger partial charge in [-0.3, -0.25) is 0 Å². The number of hydrogen-bond donors (Lipinski definition) is 0. The van der Waals surface area contributed by atoms with Crippen LogP contribution < -0.4 is 0 Å². The normalized spacial score (nSPS) is 27.8. The Hall–Kier alpha value is -0.580. The van der Waals surface area contributed by atoms with E-state index in [0.717, 1.165) is 13.8 Å². The van der Waals surface area contributed by atoms with Crippen molar-refractivity contribution in [3.05, 3.63) is 11.1 Å². The lowest BCUT2D eigenvalue weighted by atomic mass is 10.2. The third-order valence-electron chi connectivity index (χ3n) is 1.69. The molecule has 0 unspecified atom stereocenters. The number of hydrogen-bond acceptors (Lipinski definition) is 1. The zero-order valence-electron chi connectivity index (χ0n) is 5.92. The Labute approximate surface area is 60.6 Å². The zero-order valence-corrected chi connectivity index (χ0v) is 5.92. The summed E-state index contributed by atoms with van der Waals surface area (Å²) in [5, 5.41) is 0. The standard InChI is InChI=1S/C6H6F4O/c1-3-4(2)6(9,10)11-5(3,7)8/h1-2H3. The highest BCUT2D eigenvalue weighted by molar-refractivity contribution is 5.24. The van der Waals surface area contributed by atoms with Crippen LogP contribution in [0.1, 0.15) is 13.8 Å². The lowest BCUT2D eigenvalue weighted by Crippen LogP contribution is -2.24. The topological polar surface area (TPSA) is 9.23 Å².